The van der Waals surface area contributed by atoms with Gasteiger partial charge in [0.25, 0.3) is 5.91 Å². The van der Waals surface area contributed by atoms with E-state index < -0.39 is 30.4 Å². The van der Waals surface area contributed by atoms with E-state index in [-0.39, 0.29) is 24.1 Å². The van der Waals surface area contributed by atoms with Crippen LogP contribution in [0.3, 0.4) is 0 Å². The number of aromatic amines is 1. The van der Waals surface area contributed by atoms with Gasteiger partial charge >= 0.3 is 0 Å². The smallest absolute Gasteiger partial charge is 0.254 e. The Balaban J connectivity index is 1.06. The van der Waals surface area contributed by atoms with Crippen LogP contribution in [-0.4, -0.2) is 112 Å². The molecule has 2 amide bonds. The topological polar surface area (TPSA) is 208 Å². The summed E-state index contributed by atoms with van der Waals surface area (Å²) in [7, 11) is 0. The lowest BCUT2D eigenvalue weighted by Gasteiger charge is -2.35. The van der Waals surface area contributed by atoms with E-state index in [0.717, 1.165) is 0 Å². The van der Waals surface area contributed by atoms with Gasteiger partial charge in [-0.3, -0.25) is 19.1 Å². The number of aromatic hydroxyl groups is 1. The number of aromatic nitrogens is 5. The van der Waals surface area contributed by atoms with Crippen LogP contribution in [0.5, 0.6) is 5.88 Å². The summed E-state index contributed by atoms with van der Waals surface area (Å²) in [6, 6.07) is 5.25. The third-order valence-corrected chi connectivity index (χ3v) is 7.18. The normalized spacial score (nSPS) is 24.0. The summed E-state index contributed by atoms with van der Waals surface area (Å²) in [5.41, 5.74) is 7.04. The van der Waals surface area contributed by atoms with Crippen LogP contribution in [-0.2, 0) is 14.3 Å². The molecular weight excluding hydrogens is 510 g/mol. The van der Waals surface area contributed by atoms with Crippen molar-refractivity contribution in [2.24, 2.45) is 0 Å². The van der Waals surface area contributed by atoms with Crippen LogP contribution in [0.15, 0.2) is 37.1 Å². The summed E-state index contributed by atoms with van der Waals surface area (Å²) in [5.74, 6) is -0.480. The number of hydrogen-bond acceptors (Lipinski definition) is 11. The summed E-state index contributed by atoms with van der Waals surface area (Å²) in [5, 5.41) is 35.4. The van der Waals surface area contributed by atoms with E-state index in [4.69, 9.17) is 10.5 Å². The number of carbonyl (C=O) groups excluding carboxylic acids is 2. The first kappa shape index (κ1) is 25.0. The van der Waals surface area contributed by atoms with Crippen molar-refractivity contribution in [1.29, 1.82) is 0 Å². The molecule has 15 nitrogen and oxygen atoms in total. The van der Waals surface area contributed by atoms with Crippen molar-refractivity contribution in [1.82, 2.24) is 34.3 Å². The highest BCUT2D eigenvalue weighted by Crippen LogP contribution is 2.33. The van der Waals surface area contributed by atoms with Crippen molar-refractivity contribution in [2.75, 3.05) is 43.8 Å². The Morgan fingerprint density at radius 2 is 1.90 bits per heavy atom. The summed E-state index contributed by atoms with van der Waals surface area (Å²) in [6.07, 6.45) is -0.987. The molecule has 0 aliphatic carbocycles. The molecule has 4 unspecified atom stereocenters. The number of benzene rings is 1. The average Bonchev–Trinajstić information content (AvgIpc) is 3.61. The van der Waals surface area contributed by atoms with E-state index in [1.165, 1.54) is 17.2 Å². The number of rotatable bonds is 5. The van der Waals surface area contributed by atoms with Crippen molar-refractivity contribution in [3.05, 3.63) is 37.1 Å². The Labute approximate surface area is 220 Å². The van der Waals surface area contributed by atoms with E-state index in [0.29, 0.717) is 53.8 Å². The van der Waals surface area contributed by atoms with Gasteiger partial charge in [0.05, 0.1) is 18.6 Å². The minimum Gasteiger partial charge on any atom is -0.494 e. The first-order valence-electron chi connectivity index (χ1n) is 12.4. The lowest BCUT2D eigenvalue weighted by molar-refractivity contribution is -0.150. The molecule has 15 heteroatoms. The highest BCUT2D eigenvalue weighted by molar-refractivity contribution is 6.04. The Hall–Kier alpha value is -4.31. The van der Waals surface area contributed by atoms with Crippen LogP contribution in [0.2, 0.25) is 0 Å². The third-order valence-electron chi connectivity index (χ3n) is 7.18. The Morgan fingerprint density at radius 1 is 1.10 bits per heavy atom. The fraction of sp³-hybridized carbons (Fsp3) is 0.375. The van der Waals surface area contributed by atoms with Crippen LogP contribution in [0.25, 0.3) is 21.9 Å². The predicted octanol–water partition coefficient (Wildman–Crippen LogP) is -1.00. The third kappa shape index (κ3) is 4.40. The SMILES string of the molecule is Nc1ncnc2c1ncn2C1OC(C(=O)N2CCN(CC(=O)Nc3cccc4c(O)[nH]cc34)CC2)C(O)C1O. The number of nitrogens with two attached hydrogens (primary N) is 1. The van der Waals surface area contributed by atoms with Gasteiger partial charge in [-0.05, 0) is 12.1 Å². The average molecular weight is 538 g/mol. The molecular formula is C24H27N9O6. The summed E-state index contributed by atoms with van der Waals surface area (Å²) in [4.78, 5) is 44.3. The van der Waals surface area contributed by atoms with Crippen LogP contribution in [0.4, 0.5) is 11.5 Å². The van der Waals surface area contributed by atoms with Gasteiger partial charge in [0.2, 0.25) is 5.91 Å². The Kier molecular flexibility index (Phi) is 6.26. The van der Waals surface area contributed by atoms with E-state index >= 15 is 0 Å². The second-order valence-electron chi connectivity index (χ2n) is 9.57. The van der Waals surface area contributed by atoms with Crippen LogP contribution >= 0.6 is 0 Å². The maximum atomic E-state index is 13.2. The number of aliphatic hydroxyl groups is 2. The zero-order chi connectivity index (χ0) is 27.3. The second kappa shape index (κ2) is 9.77. The van der Waals surface area contributed by atoms with Crippen molar-refractivity contribution >= 4 is 45.3 Å². The molecule has 0 spiro atoms. The number of H-pyrrole nitrogens is 1. The van der Waals surface area contributed by atoms with Gasteiger partial charge in [-0.25, -0.2) is 15.0 Å². The molecule has 4 aromatic rings. The molecule has 2 fully saturated rings. The molecule has 0 bridgehead atoms. The van der Waals surface area contributed by atoms with E-state index in [9.17, 15) is 24.9 Å². The van der Waals surface area contributed by atoms with Gasteiger partial charge in [-0.2, -0.15) is 0 Å². The number of hydrogen-bond donors (Lipinski definition) is 6. The van der Waals surface area contributed by atoms with Crippen molar-refractivity contribution in [3.63, 3.8) is 0 Å². The maximum Gasteiger partial charge on any atom is 0.254 e. The number of nitrogens with one attached hydrogen (secondary N) is 2. The number of aliphatic hydroxyl groups excluding tert-OH is 2. The van der Waals surface area contributed by atoms with Gasteiger partial charge in [-0.1, -0.05) is 6.07 Å². The summed E-state index contributed by atoms with van der Waals surface area (Å²) >= 11 is 0. The van der Waals surface area contributed by atoms with Crippen LogP contribution in [0, 0.1) is 0 Å². The largest absolute Gasteiger partial charge is 0.494 e. The van der Waals surface area contributed by atoms with Gasteiger partial charge in [0, 0.05) is 43.1 Å². The summed E-state index contributed by atoms with van der Waals surface area (Å²) in [6.45, 7) is 1.63. The van der Waals surface area contributed by atoms with Crippen LogP contribution < -0.4 is 11.1 Å². The quantitative estimate of drug-likeness (QED) is 0.182. The lowest BCUT2D eigenvalue weighted by atomic mass is 10.1. The fourth-order valence-electron chi connectivity index (χ4n) is 5.10. The molecule has 5 heterocycles. The van der Waals surface area contributed by atoms with Crippen molar-refractivity contribution < 1.29 is 29.6 Å². The molecule has 204 valence electrons. The monoisotopic (exact) mass is 537 g/mol. The predicted molar refractivity (Wildman–Crippen MR) is 137 cm³/mol. The highest BCUT2D eigenvalue weighted by Gasteiger charge is 2.49. The van der Waals surface area contributed by atoms with Gasteiger partial charge in [-0.15, -0.1) is 0 Å². The molecule has 1 aromatic carbocycles. The number of amides is 2. The molecule has 2 aliphatic heterocycles. The molecule has 0 saturated carbocycles. The molecule has 3 aromatic heterocycles. The number of nitrogens with zero attached hydrogens (tertiary/aromatic N) is 6. The Bertz CT molecular complexity index is 1550. The van der Waals surface area contributed by atoms with E-state index in [2.05, 4.69) is 25.3 Å². The van der Waals surface area contributed by atoms with Crippen molar-refractivity contribution in [3.8, 4) is 5.88 Å². The molecule has 2 saturated heterocycles. The first-order chi connectivity index (χ1) is 18.8. The van der Waals surface area contributed by atoms with Crippen molar-refractivity contribution in [2.45, 2.75) is 24.5 Å². The summed E-state index contributed by atoms with van der Waals surface area (Å²) < 4.78 is 7.24. The maximum absolute atomic E-state index is 13.2. The number of anilines is 2. The molecule has 7 N–H and O–H groups in total. The fourth-order valence-corrected chi connectivity index (χ4v) is 5.10. The Morgan fingerprint density at radius 3 is 2.69 bits per heavy atom. The van der Waals surface area contributed by atoms with Gasteiger partial charge < -0.3 is 41.0 Å². The number of ether oxygens (including phenoxy) is 1. The minimum atomic E-state index is -1.46. The molecule has 2 aliphatic rings. The van der Waals surface area contributed by atoms with E-state index in [1.807, 2.05) is 4.90 Å². The standard InChI is InChI=1S/C24H27N9O6/c25-20-16-21(28-10-27-20)33(11-29-16)24-18(36)17(35)19(39-24)23(38)32-6-4-31(5-7-32)9-15(34)30-14-3-1-2-12-13(14)8-26-22(12)37/h1-3,8,10-11,17-19,24,26,35-37H,4-7,9H2,(H,30,34)(H2,25,27,28). The number of carbonyl (C=O) groups is 2. The highest BCUT2D eigenvalue weighted by atomic mass is 16.6. The second-order valence-corrected chi connectivity index (χ2v) is 9.57. The molecule has 39 heavy (non-hydrogen) atoms. The zero-order valence-corrected chi connectivity index (χ0v) is 20.6. The van der Waals surface area contributed by atoms with Gasteiger partial charge in [0.1, 0.15) is 24.1 Å². The zero-order valence-electron chi connectivity index (χ0n) is 20.6. The first-order valence-corrected chi connectivity index (χ1v) is 12.4. The molecule has 6 rings (SSSR count). The lowest BCUT2D eigenvalue weighted by Crippen LogP contribution is -2.54. The molecule has 4 atom stereocenters. The number of imidazole rings is 1. The molecule has 0 radical (unpaired) electrons. The number of fused-ring (bicyclic) bond motifs is 2. The van der Waals surface area contributed by atoms with Crippen LogP contribution in [0.1, 0.15) is 6.23 Å². The minimum absolute atomic E-state index is 0.0362. The van der Waals surface area contributed by atoms with Gasteiger partial charge in [0.15, 0.2) is 29.7 Å². The number of nitrogen functional groups attached to an aromatic ring is 1. The van der Waals surface area contributed by atoms with E-state index in [1.54, 1.807) is 29.3 Å². The number of piperazine rings is 1.